The fourth-order valence-corrected chi connectivity index (χ4v) is 6.48. The van der Waals surface area contributed by atoms with Crippen molar-refractivity contribution in [1.29, 1.82) is 0 Å². The van der Waals surface area contributed by atoms with Gasteiger partial charge in [-0.2, -0.15) is 4.31 Å². The van der Waals surface area contributed by atoms with Crippen molar-refractivity contribution in [2.24, 2.45) is 0 Å². The average molecular weight is 571 g/mol. The number of benzene rings is 3. The number of nitrogens with zero attached hydrogens (tertiary/aromatic N) is 2. The van der Waals surface area contributed by atoms with Gasteiger partial charge in [0.2, 0.25) is 28.5 Å². The van der Waals surface area contributed by atoms with Crippen LogP contribution in [-0.2, 0) is 19.6 Å². The average Bonchev–Trinajstić information content (AvgIpc) is 3.44. The molecule has 2 aliphatic rings. The van der Waals surface area contributed by atoms with Crippen LogP contribution in [0.3, 0.4) is 0 Å². The van der Waals surface area contributed by atoms with Gasteiger partial charge in [0.1, 0.15) is 6.04 Å². The van der Waals surface area contributed by atoms with E-state index >= 15 is 0 Å². The Labute approximate surface area is 230 Å². The molecule has 210 valence electrons. The molecule has 0 unspecified atom stereocenters. The van der Waals surface area contributed by atoms with Gasteiger partial charge in [-0.3, -0.25) is 9.59 Å². The molecule has 0 saturated carbocycles. The molecule has 0 bridgehead atoms. The van der Waals surface area contributed by atoms with Crippen LogP contribution in [0.15, 0.2) is 65.6 Å². The van der Waals surface area contributed by atoms with Crippen LogP contribution in [0.4, 0.5) is 5.69 Å². The second-order valence-electron chi connectivity index (χ2n) is 8.85. The van der Waals surface area contributed by atoms with Crippen molar-refractivity contribution in [1.82, 2.24) is 4.31 Å². The van der Waals surface area contributed by atoms with Crippen LogP contribution in [0, 0.1) is 0 Å². The number of piperazine rings is 1. The molecule has 3 aromatic carbocycles. The van der Waals surface area contributed by atoms with Crippen molar-refractivity contribution in [3.63, 3.8) is 0 Å². The van der Waals surface area contributed by atoms with Crippen molar-refractivity contribution in [2.75, 3.05) is 39.6 Å². The fourth-order valence-electron chi connectivity index (χ4n) is 4.93. The number of aliphatic carboxylic acids is 1. The molecule has 0 radical (unpaired) electrons. The molecular weight excluding hydrogens is 544 g/mol. The second-order valence-corrected chi connectivity index (χ2v) is 10.7. The monoisotopic (exact) mass is 570 g/mol. The molecule has 3 aromatic rings. The van der Waals surface area contributed by atoms with Crippen molar-refractivity contribution in [2.45, 2.75) is 17.0 Å². The maximum Gasteiger partial charge on any atom is 0.324 e. The Hall–Kier alpha value is -4.49. The molecule has 5 rings (SSSR count). The van der Waals surface area contributed by atoms with Gasteiger partial charge in [-0.15, -0.1) is 0 Å². The first-order valence-corrected chi connectivity index (χ1v) is 13.5. The number of amides is 1. The zero-order valence-electron chi connectivity index (χ0n) is 21.8. The van der Waals surface area contributed by atoms with Crippen molar-refractivity contribution in [3.05, 3.63) is 66.2 Å². The summed E-state index contributed by atoms with van der Waals surface area (Å²) in [6.45, 7) is -0.729. The minimum absolute atomic E-state index is 0.0100. The van der Waals surface area contributed by atoms with Gasteiger partial charge in [-0.25, -0.2) is 8.42 Å². The summed E-state index contributed by atoms with van der Waals surface area (Å²) in [6.07, 6.45) is 0. The number of sulfonamides is 1. The van der Waals surface area contributed by atoms with E-state index in [1.807, 2.05) is 0 Å². The number of carboxylic acids is 1. The first-order chi connectivity index (χ1) is 19.2. The van der Waals surface area contributed by atoms with Crippen LogP contribution >= 0.6 is 0 Å². The molecule has 1 amide bonds. The smallest absolute Gasteiger partial charge is 0.324 e. The minimum atomic E-state index is -4.42. The highest BCUT2D eigenvalue weighted by atomic mass is 32.2. The predicted octanol–water partition coefficient (Wildman–Crippen LogP) is 2.67. The summed E-state index contributed by atoms with van der Waals surface area (Å²) in [7, 11) is -0.217. The van der Waals surface area contributed by atoms with Gasteiger partial charge in [-0.1, -0.05) is 18.2 Å². The first kappa shape index (κ1) is 27.1. The number of fused-ring (bicyclic) bond motifs is 1. The van der Waals surface area contributed by atoms with Gasteiger partial charge in [-0.05, 0) is 42.0 Å². The Morgan fingerprint density at radius 3 is 2.17 bits per heavy atom. The molecule has 1 fully saturated rings. The highest BCUT2D eigenvalue weighted by Crippen LogP contribution is 2.46. The van der Waals surface area contributed by atoms with Gasteiger partial charge in [0.05, 0.1) is 38.8 Å². The van der Waals surface area contributed by atoms with E-state index in [4.69, 9.17) is 23.7 Å². The van der Waals surface area contributed by atoms with Crippen molar-refractivity contribution < 1.29 is 46.8 Å². The zero-order chi connectivity index (χ0) is 28.6. The number of carbonyl (C=O) groups excluding carboxylic acids is 1. The van der Waals surface area contributed by atoms with Gasteiger partial charge in [0.15, 0.2) is 23.0 Å². The molecule has 0 aromatic heterocycles. The quantitative estimate of drug-likeness (QED) is 0.430. The van der Waals surface area contributed by atoms with E-state index < -0.39 is 40.5 Å². The van der Waals surface area contributed by atoms with E-state index in [9.17, 15) is 23.1 Å². The SMILES string of the molecule is COc1cc([C@@H]2[C@@H](C(=O)O)N(S(=O)(=O)c3ccccc3)CC(=O)N2c2ccc3c(c2)OCO3)cc(OC)c1OC. The standard InChI is InChI=1S/C27H26N2O10S/c1-35-21-11-16(12-22(36-2)26(21)37-3)24-25(27(31)32)28(40(33,34)18-7-5-4-6-8-18)14-23(30)29(24)17-9-10-19-20(13-17)39-15-38-19/h4-13,24-25H,14-15H2,1-3H3,(H,31,32)/t24-,25+/m1/s1. The predicted molar refractivity (Wildman–Crippen MR) is 141 cm³/mol. The molecule has 40 heavy (non-hydrogen) atoms. The topological polar surface area (TPSA) is 141 Å². The summed E-state index contributed by atoms with van der Waals surface area (Å²) < 4.78 is 55.4. The maximum absolute atomic E-state index is 13.8. The summed E-state index contributed by atoms with van der Waals surface area (Å²) in [5, 5.41) is 10.5. The lowest BCUT2D eigenvalue weighted by Crippen LogP contribution is -2.62. The summed E-state index contributed by atoms with van der Waals surface area (Å²) >= 11 is 0. The lowest BCUT2D eigenvalue weighted by atomic mass is 9.93. The third-order valence-corrected chi connectivity index (χ3v) is 8.55. The molecule has 2 heterocycles. The summed E-state index contributed by atoms with van der Waals surface area (Å²) in [4.78, 5) is 27.9. The highest BCUT2D eigenvalue weighted by molar-refractivity contribution is 7.89. The lowest BCUT2D eigenvalue weighted by Gasteiger charge is -2.44. The molecule has 0 spiro atoms. The highest BCUT2D eigenvalue weighted by Gasteiger charge is 2.51. The molecule has 1 N–H and O–H groups in total. The number of carboxylic acid groups (broad SMARTS) is 1. The molecule has 2 aliphatic heterocycles. The number of hydrogen-bond donors (Lipinski definition) is 1. The van der Waals surface area contributed by atoms with Gasteiger partial charge in [0.25, 0.3) is 0 Å². The van der Waals surface area contributed by atoms with E-state index in [1.165, 1.54) is 62.6 Å². The van der Waals surface area contributed by atoms with Crippen LogP contribution in [0.25, 0.3) is 0 Å². The molecule has 2 atom stereocenters. The van der Waals surface area contributed by atoms with Gasteiger partial charge in [0, 0.05) is 11.8 Å². The van der Waals surface area contributed by atoms with E-state index in [0.717, 1.165) is 0 Å². The summed E-state index contributed by atoms with van der Waals surface area (Å²) in [6, 6.07) is 12.0. The third kappa shape index (κ3) is 4.52. The largest absolute Gasteiger partial charge is 0.493 e. The van der Waals surface area contributed by atoms with Gasteiger partial charge < -0.3 is 33.7 Å². The summed E-state index contributed by atoms with van der Waals surface area (Å²) in [5.74, 6) is -0.665. The van der Waals surface area contributed by atoms with Gasteiger partial charge >= 0.3 is 5.97 Å². The molecule has 12 nitrogen and oxygen atoms in total. The number of carbonyl (C=O) groups is 2. The van der Waals surface area contributed by atoms with E-state index in [0.29, 0.717) is 15.8 Å². The second kappa shape index (κ2) is 10.6. The number of rotatable bonds is 8. The Bertz CT molecular complexity index is 1540. The van der Waals surface area contributed by atoms with E-state index in [2.05, 4.69) is 0 Å². The fraction of sp³-hybridized carbons (Fsp3) is 0.259. The number of ether oxygens (including phenoxy) is 5. The molecule has 0 aliphatic carbocycles. The lowest BCUT2D eigenvalue weighted by molar-refractivity contribution is -0.144. The maximum atomic E-state index is 13.8. The zero-order valence-corrected chi connectivity index (χ0v) is 22.6. The third-order valence-electron chi connectivity index (χ3n) is 6.71. The van der Waals surface area contributed by atoms with Crippen molar-refractivity contribution >= 4 is 27.6 Å². The Kier molecular flexibility index (Phi) is 7.17. The normalized spacial score (nSPS) is 18.9. The molecular formula is C27H26N2O10S. The number of hydrogen-bond acceptors (Lipinski definition) is 9. The van der Waals surface area contributed by atoms with Crippen LogP contribution in [0.5, 0.6) is 28.7 Å². The molecule has 1 saturated heterocycles. The van der Waals surface area contributed by atoms with Crippen LogP contribution < -0.4 is 28.6 Å². The van der Waals surface area contributed by atoms with E-state index in [-0.39, 0.29) is 40.2 Å². The van der Waals surface area contributed by atoms with Crippen molar-refractivity contribution in [3.8, 4) is 28.7 Å². The van der Waals surface area contributed by atoms with Crippen LogP contribution in [0.1, 0.15) is 11.6 Å². The summed E-state index contributed by atoms with van der Waals surface area (Å²) in [5.41, 5.74) is 0.525. The Morgan fingerprint density at radius 1 is 0.925 bits per heavy atom. The first-order valence-electron chi connectivity index (χ1n) is 12.0. The molecule has 13 heteroatoms. The Morgan fingerprint density at radius 2 is 1.57 bits per heavy atom. The van der Waals surface area contributed by atoms with Crippen LogP contribution in [0.2, 0.25) is 0 Å². The van der Waals surface area contributed by atoms with Crippen LogP contribution in [-0.4, -0.2) is 70.4 Å². The Balaban J connectivity index is 1.74. The number of anilines is 1. The van der Waals surface area contributed by atoms with E-state index in [1.54, 1.807) is 24.3 Å². The number of methoxy groups -OCH3 is 3. The minimum Gasteiger partial charge on any atom is -0.493 e.